The van der Waals surface area contributed by atoms with Crippen molar-refractivity contribution in [1.29, 1.82) is 0 Å². The molecule has 0 aromatic carbocycles. The molecule has 1 nitrogen and oxygen atoms in total. The summed E-state index contributed by atoms with van der Waals surface area (Å²) in [6, 6.07) is 0. The van der Waals surface area contributed by atoms with E-state index in [-0.39, 0.29) is 0 Å². The zero-order valence-electron chi connectivity index (χ0n) is 10.8. The summed E-state index contributed by atoms with van der Waals surface area (Å²) in [7, 11) is 0. The summed E-state index contributed by atoms with van der Waals surface area (Å²) in [6.07, 6.45) is 12.2. The maximum Gasteiger partial charge on any atom is 0.0530 e. The van der Waals surface area contributed by atoms with Gasteiger partial charge < -0.3 is 4.74 Å². The van der Waals surface area contributed by atoms with Crippen molar-refractivity contribution < 1.29 is 4.74 Å². The fourth-order valence-electron chi connectivity index (χ4n) is 2.27. The number of rotatable bonds is 10. The molecule has 0 unspecified atom stereocenters. The van der Waals surface area contributed by atoms with Gasteiger partial charge in [0.25, 0.3) is 0 Å². The van der Waals surface area contributed by atoms with Gasteiger partial charge in [-0.05, 0) is 19.3 Å². The third-order valence-corrected chi connectivity index (χ3v) is 4.94. The molecule has 0 atom stereocenters. The number of alkyl halides is 1. The van der Waals surface area contributed by atoms with Crippen molar-refractivity contribution in [2.75, 3.05) is 18.5 Å². The summed E-state index contributed by atoms with van der Waals surface area (Å²) in [5.41, 5.74) is 0.502. The quantitative estimate of drug-likeness (QED) is 0.409. The average Bonchev–Trinajstić information content (AvgIpc) is 2.25. The van der Waals surface area contributed by atoms with E-state index in [1.807, 2.05) is 0 Å². The van der Waals surface area contributed by atoms with Crippen molar-refractivity contribution >= 4 is 15.9 Å². The van der Waals surface area contributed by atoms with Crippen molar-refractivity contribution in [3.63, 3.8) is 0 Å². The fraction of sp³-hybridized carbons (Fsp3) is 1.00. The third kappa shape index (κ3) is 5.18. The molecule has 1 aliphatic carbocycles. The van der Waals surface area contributed by atoms with E-state index in [0.717, 1.165) is 18.5 Å². The largest absolute Gasteiger partial charge is 0.381 e. The zero-order chi connectivity index (χ0) is 11.7. The van der Waals surface area contributed by atoms with Gasteiger partial charge in [-0.15, -0.1) is 0 Å². The lowest BCUT2D eigenvalue weighted by Gasteiger charge is -2.40. The molecule has 16 heavy (non-hydrogen) atoms. The van der Waals surface area contributed by atoms with Crippen LogP contribution in [0.3, 0.4) is 0 Å². The highest BCUT2D eigenvalue weighted by Gasteiger charge is 2.35. The van der Waals surface area contributed by atoms with E-state index < -0.39 is 0 Å². The van der Waals surface area contributed by atoms with E-state index >= 15 is 0 Å². The van der Waals surface area contributed by atoms with Crippen LogP contribution in [0.5, 0.6) is 0 Å². The second-order valence-corrected chi connectivity index (χ2v) is 5.87. The minimum Gasteiger partial charge on any atom is -0.381 e. The molecule has 1 fully saturated rings. The van der Waals surface area contributed by atoms with Gasteiger partial charge in [0.2, 0.25) is 0 Å². The first kappa shape index (κ1) is 14.5. The van der Waals surface area contributed by atoms with Gasteiger partial charge in [-0.25, -0.2) is 0 Å². The van der Waals surface area contributed by atoms with Gasteiger partial charge in [0.15, 0.2) is 0 Å². The molecule has 0 N–H and O–H groups in total. The Morgan fingerprint density at radius 2 is 1.75 bits per heavy atom. The van der Waals surface area contributed by atoms with Crippen LogP contribution < -0.4 is 0 Å². The Morgan fingerprint density at radius 3 is 2.31 bits per heavy atom. The maximum absolute atomic E-state index is 5.81. The molecule has 0 aliphatic heterocycles. The number of hydrogen-bond acceptors (Lipinski definition) is 1. The van der Waals surface area contributed by atoms with Gasteiger partial charge >= 0.3 is 0 Å². The van der Waals surface area contributed by atoms with Crippen LogP contribution in [0.2, 0.25) is 0 Å². The molecular weight excluding hydrogens is 264 g/mol. The molecular formula is C14H27BrO. The predicted octanol–water partition coefficient (Wildman–Crippen LogP) is 4.93. The number of halogens is 1. The Kier molecular flexibility index (Phi) is 7.72. The number of hydrogen-bond donors (Lipinski definition) is 0. The Labute approximate surface area is 109 Å². The van der Waals surface area contributed by atoms with Crippen LogP contribution in [-0.4, -0.2) is 18.5 Å². The van der Waals surface area contributed by atoms with Gasteiger partial charge in [0, 0.05) is 17.4 Å². The number of ether oxygens (including phenoxy) is 1. The minimum absolute atomic E-state index is 0.502. The van der Waals surface area contributed by atoms with Crippen LogP contribution in [0, 0.1) is 5.41 Å². The van der Waals surface area contributed by atoms with Crippen molar-refractivity contribution in [3.8, 4) is 0 Å². The molecule has 0 aromatic rings. The van der Waals surface area contributed by atoms with Crippen molar-refractivity contribution in [2.45, 2.75) is 64.7 Å². The van der Waals surface area contributed by atoms with Crippen LogP contribution in [0.15, 0.2) is 0 Å². The molecule has 0 spiro atoms. The summed E-state index contributed by atoms with van der Waals surface area (Å²) in [6.45, 7) is 4.22. The van der Waals surface area contributed by atoms with Crippen molar-refractivity contribution in [3.05, 3.63) is 0 Å². The van der Waals surface area contributed by atoms with E-state index in [0.29, 0.717) is 5.41 Å². The lowest BCUT2D eigenvalue weighted by molar-refractivity contribution is 0.00955. The molecule has 0 heterocycles. The Balaban J connectivity index is 1.84. The van der Waals surface area contributed by atoms with Crippen LogP contribution in [0.1, 0.15) is 64.7 Å². The predicted molar refractivity (Wildman–Crippen MR) is 74.3 cm³/mol. The highest BCUT2D eigenvalue weighted by atomic mass is 79.9. The molecule has 1 aliphatic rings. The molecule has 0 radical (unpaired) electrons. The summed E-state index contributed by atoms with van der Waals surface area (Å²) in [5.74, 6) is 0. The van der Waals surface area contributed by atoms with Crippen LogP contribution >= 0.6 is 15.9 Å². The highest BCUT2D eigenvalue weighted by molar-refractivity contribution is 9.09. The molecule has 96 valence electrons. The molecule has 1 rings (SSSR count). The van der Waals surface area contributed by atoms with Gasteiger partial charge in [0.1, 0.15) is 0 Å². The first-order chi connectivity index (χ1) is 7.83. The van der Waals surface area contributed by atoms with Crippen LogP contribution in [0.4, 0.5) is 0 Å². The first-order valence-electron chi connectivity index (χ1n) is 6.97. The van der Waals surface area contributed by atoms with Crippen molar-refractivity contribution in [2.24, 2.45) is 5.41 Å². The van der Waals surface area contributed by atoms with E-state index in [1.165, 1.54) is 57.8 Å². The second kappa shape index (κ2) is 8.52. The normalized spacial score (nSPS) is 18.4. The third-order valence-electron chi connectivity index (χ3n) is 3.75. The van der Waals surface area contributed by atoms with Gasteiger partial charge in [-0.2, -0.15) is 0 Å². The van der Waals surface area contributed by atoms with Crippen molar-refractivity contribution in [1.82, 2.24) is 0 Å². The molecule has 2 heteroatoms. The van der Waals surface area contributed by atoms with Gasteiger partial charge in [-0.3, -0.25) is 0 Å². The Bertz CT molecular complexity index is 161. The first-order valence-corrected chi connectivity index (χ1v) is 8.09. The minimum atomic E-state index is 0.502. The molecule has 0 amide bonds. The fourth-order valence-corrected chi connectivity index (χ4v) is 2.99. The zero-order valence-corrected chi connectivity index (χ0v) is 12.4. The lowest BCUT2D eigenvalue weighted by Crippen LogP contribution is -2.36. The van der Waals surface area contributed by atoms with E-state index in [1.54, 1.807) is 0 Å². The molecule has 0 aromatic heterocycles. The van der Waals surface area contributed by atoms with E-state index in [4.69, 9.17) is 4.74 Å². The van der Waals surface area contributed by atoms with Gasteiger partial charge in [0.05, 0.1) is 6.61 Å². The summed E-state index contributed by atoms with van der Waals surface area (Å²) >= 11 is 3.61. The Hall–Kier alpha value is 0.440. The van der Waals surface area contributed by atoms with Gasteiger partial charge in [-0.1, -0.05) is 61.4 Å². The topological polar surface area (TPSA) is 9.23 Å². The molecule has 1 saturated carbocycles. The van der Waals surface area contributed by atoms with E-state index in [2.05, 4.69) is 22.9 Å². The summed E-state index contributed by atoms with van der Waals surface area (Å²) in [4.78, 5) is 0. The highest BCUT2D eigenvalue weighted by Crippen LogP contribution is 2.42. The second-order valence-electron chi connectivity index (χ2n) is 5.31. The average molecular weight is 291 g/mol. The summed E-state index contributed by atoms with van der Waals surface area (Å²) < 4.78 is 5.81. The smallest absolute Gasteiger partial charge is 0.0530 e. The lowest BCUT2D eigenvalue weighted by atomic mass is 9.71. The summed E-state index contributed by atoms with van der Waals surface area (Å²) in [5, 5.41) is 1.12. The Morgan fingerprint density at radius 1 is 1.06 bits per heavy atom. The number of unbranched alkanes of at least 4 members (excludes halogenated alkanes) is 5. The standard InChI is InChI=1S/C14H27BrO/c1-2-3-4-5-6-7-11-16-13-14(12-15)9-8-10-14/h2-13H2,1H3. The SMILES string of the molecule is CCCCCCCCOCC1(CBr)CCC1. The van der Waals surface area contributed by atoms with E-state index in [9.17, 15) is 0 Å². The van der Waals surface area contributed by atoms with Crippen LogP contribution in [-0.2, 0) is 4.74 Å². The molecule has 0 saturated heterocycles. The molecule has 0 bridgehead atoms. The monoisotopic (exact) mass is 290 g/mol. The van der Waals surface area contributed by atoms with Crippen LogP contribution in [0.25, 0.3) is 0 Å². The maximum atomic E-state index is 5.81.